The number of hydrogen-bond acceptors (Lipinski definition) is 4. The van der Waals surface area contributed by atoms with Crippen LogP contribution in [0.4, 0.5) is 0 Å². The molecule has 0 aromatic heterocycles. The van der Waals surface area contributed by atoms with E-state index in [-0.39, 0.29) is 12.5 Å². The lowest BCUT2D eigenvalue weighted by molar-refractivity contribution is -0.138. The quantitative estimate of drug-likeness (QED) is 0.767. The SMILES string of the molecule is CCC(COC)N1CCSCC1CC(=O)O. The summed E-state index contributed by atoms with van der Waals surface area (Å²) in [4.78, 5) is 13.1. The van der Waals surface area contributed by atoms with Gasteiger partial charge in [0, 0.05) is 37.2 Å². The van der Waals surface area contributed by atoms with Gasteiger partial charge in [-0.1, -0.05) is 6.92 Å². The zero-order valence-electron chi connectivity index (χ0n) is 10.0. The molecule has 1 aliphatic heterocycles. The van der Waals surface area contributed by atoms with Gasteiger partial charge in [-0.05, 0) is 6.42 Å². The fraction of sp³-hybridized carbons (Fsp3) is 0.909. The molecule has 1 rings (SSSR count). The van der Waals surface area contributed by atoms with Crippen LogP contribution in [0.3, 0.4) is 0 Å². The van der Waals surface area contributed by atoms with E-state index < -0.39 is 5.97 Å². The van der Waals surface area contributed by atoms with E-state index in [1.807, 2.05) is 11.8 Å². The predicted octanol–water partition coefficient (Wildman–Crippen LogP) is 1.30. The van der Waals surface area contributed by atoms with Crippen molar-refractivity contribution in [1.29, 1.82) is 0 Å². The number of aliphatic carboxylic acids is 1. The Morgan fingerprint density at radius 3 is 3.00 bits per heavy atom. The molecule has 0 aliphatic carbocycles. The summed E-state index contributed by atoms with van der Waals surface area (Å²) in [6, 6.07) is 0.520. The second kappa shape index (κ2) is 7.14. The minimum Gasteiger partial charge on any atom is -0.481 e. The van der Waals surface area contributed by atoms with Gasteiger partial charge in [0.2, 0.25) is 0 Å². The van der Waals surface area contributed by atoms with Crippen LogP contribution in [-0.2, 0) is 9.53 Å². The van der Waals surface area contributed by atoms with Crippen molar-refractivity contribution in [2.75, 3.05) is 31.8 Å². The van der Waals surface area contributed by atoms with Crippen molar-refractivity contribution >= 4 is 17.7 Å². The molecule has 0 radical (unpaired) electrons. The lowest BCUT2D eigenvalue weighted by Gasteiger charge is -2.39. The first-order valence-electron chi connectivity index (χ1n) is 5.73. The number of thioether (sulfide) groups is 1. The van der Waals surface area contributed by atoms with Crippen molar-refractivity contribution in [3.63, 3.8) is 0 Å². The van der Waals surface area contributed by atoms with Crippen LogP contribution in [0.1, 0.15) is 19.8 Å². The summed E-state index contributed by atoms with van der Waals surface area (Å²) in [6.45, 7) is 3.80. The molecule has 4 nitrogen and oxygen atoms in total. The van der Waals surface area contributed by atoms with Crippen LogP contribution >= 0.6 is 11.8 Å². The van der Waals surface area contributed by atoms with E-state index in [1.54, 1.807) is 7.11 Å². The predicted molar refractivity (Wildman–Crippen MR) is 66.0 cm³/mol. The Hall–Kier alpha value is -0.260. The van der Waals surface area contributed by atoms with Crippen LogP contribution in [0.2, 0.25) is 0 Å². The summed E-state index contributed by atoms with van der Waals surface area (Å²) in [5.41, 5.74) is 0. The molecule has 0 bridgehead atoms. The van der Waals surface area contributed by atoms with Crippen LogP contribution in [0.25, 0.3) is 0 Å². The number of rotatable bonds is 6. The van der Waals surface area contributed by atoms with Crippen molar-refractivity contribution in [3.05, 3.63) is 0 Å². The molecule has 94 valence electrons. The van der Waals surface area contributed by atoms with Gasteiger partial charge >= 0.3 is 5.97 Å². The monoisotopic (exact) mass is 247 g/mol. The molecule has 16 heavy (non-hydrogen) atoms. The molecule has 1 fully saturated rings. The Bertz CT molecular complexity index is 225. The molecule has 0 saturated carbocycles. The summed E-state index contributed by atoms with van der Waals surface area (Å²) in [6.07, 6.45) is 1.25. The van der Waals surface area contributed by atoms with E-state index in [9.17, 15) is 4.79 Å². The van der Waals surface area contributed by atoms with Gasteiger partial charge in [-0.2, -0.15) is 11.8 Å². The number of hydrogen-bond donors (Lipinski definition) is 1. The summed E-state index contributed by atoms with van der Waals surface area (Å²) in [7, 11) is 1.70. The van der Waals surface area contributed by atoms with E-state index in [0.29, 0.717) is 12.6 Å². The summed E-state index contributed by atoms with van der Waals surface area (Å²) >= 11 is 1.85. The Labute approximate surface area is 101 Å². The van der Waals surface area contributed by atoms with Crippen LogP contribution in [0.5, 0.6) is 0 Å². The molecule has 1 saturated heterocycles. The van der Waals surface area contributed by atoms with E-state index in [0.717, 1.165) is 24.5 Å². The maximum atomic E-state index is 10.8. The minimum atomic E-state index is -0.704. The average molecular weight is 247 g/mol. The average Bonchev–Trinajstić information content (AvgIpc) is 2.26. The topological polar surface area (TPSA) is 49.8 Å². The Balaban J connectivity index is 2.60. The van der Waals surface area contributed by atoms with Gasteiger partial charge in [0.15, 0.2) is 0 Å². The van der Waals surface area contributed by atoms with Crippen molar-refractivity contribution in [2.24, 2.45) is 0 Å². The second-order valence-corrected chi connectivity index (χ2v) is 5.23. The van der Waals surface area contributed by atoms with E-state index in [4.69, 9.17) is 9.84 Å². The Kier molecular flexibility index (Phi) is 6.16. The standard InChI is InChI=1S/C11H21NO3S/c1-3-9(7-15-2)12-4-5-16-8-10(12)6-11(13)14/h9-10H,3-8H2,1-2H3,(H,13,14). The number of methoxy groups -OCH3 is 1. The maximum Gasteiger partial charge on any atom is 0.304 e. The number of carboxylic acids is 1. The minimum absolute atomic E-state index is 0.163. The lowest BCUT2D eigenvalue weighted by Crippen LogP contribution is -2.50. The van der Waals surface area contributed by atoms with Crippen molar-refractivity contribution in [1.82, 2.24) is 4.90 Å². The molecular formula is C11H21NO3S. The molecule has 1 N–H and O–H groups in total. The number of nitrogens with zero attached hydrogens (tertiary/aromatic N) is 1. The number of carboxylic acid groups (broad SMARTS) is 1. The summed E-state index contributed by atoms with van der Waals surface area (Å²) in [5.74, 6) is 1.31. The number of carbonyl (C=O) groups is 1. The lowest BCUT2D eigenvalue weighted by atomic mass is 10.1. The van der Waals surface area contributed by atoms with Crippen LogP contribution in [-0.4, -0.2) is 59.8 Å². The normalized spacial score (nSPS) is 24.2. The van der Waals surface area contributed by atoms with Gasteiger partial charge in [-0.15, -0.1) is 0 Å². The molecule has 2 unspecified atom stereocenters. The third kappa shape index (κ3) is 3.96. The number of ether oxygens (including phenoxy) is 1. The molecule has 0 aromatic carbocycles. The van der Waals surface area contributed by atoms with Gasteiger partial charge in [0.05, 0.1) is 13.0 Å². The van der Waals surface area contributed by atoms with Crippen molar-refractivity contribution < 1.29 is 14.6 Å². The van der Waals surface area contributed by atoms with Crippen LogP contribution in [0, 0.1) is 0 Å². The van der Waals surface area contributed by atoms with Gasteiger partial charge in [0.25, 0.3) is 0 Å². The third-order valence-corrected chi connectivity index (χ3v) is 4.07. The van der Waals surface area contributed by atoms with E-state index in [1.165, 1.54) is 0 Å². The van der Waals surface area contributed by atoms with E-state index in [2.05, 4.69) is 11.8 Å². The highest BCUT2D eigenvalue weighted by Crippen LogP contribution is 2.22. The molecule has 1 heterocycles. The molecule has 1 aliphatic rings. The zero-order chi connectivity index (χ0) is 12.0. The van der Waals surface area contributed by atoms with Gasteiger partial charge in [-0.25, -0.2) is 0 Å². The molecule has 2 atom stereocenters. The second-order valence-electron chi connectivity index (χ2n) is 4.08. The molecule has 0 spiro atoms. The Morgan fingerprint density at radius 1 is 1.69 bits per heavy atom. The highest BCUT2D eigenvalue weighted by atomic mass is 32.2. The molecule has 0 aromatic rings. The largest absolute Gasteiger partial charge is 0.481 e. The molecule has 5 heteroatoms. The molecular weight excluding hydrogens is 226 g/mol. The van der Waals surface area contributed by atoms with Gasteiger partial charge in [-0.3, -0.25) is 9.69 Å². The Morgan fingerprint density at radius 2 is 2.44 bits per heavy atom. The maximum absolute atomic E-state index is 10.8. The fourth-order valence-corrected chi connectivity index (χ4v) is 3.25. The molecule has 0 amide bonds. The third-order valence-electron chi connectivity index (χ3n) is 2.98. The van der Waals surface area contributed by atoms with Crippen molar-refractivity contribution in [2.45, 2.75) is 31.8 Å². The van der Waals surface area contributed by atoms with Crippen LogP contribution in [0.15, 0.2) is 0 Å². The van der Waals surface area contributed by atoms with Gasteiger partial charge in [0.1, 0.15) is 0 Å². The fourth-order valence-electron chi connectivity index (χ4n) is 2.17. The van der Waals surface area contributed by atoms with Crippen molar-refractivity contribution in [3.8, 4) is 0 Å². The summed E-state index contributed by atoms with van der Waals surface area (Å²) < 4.78 is 5.21. The van der Waals surface area contributed by atoms with Crippen LogP contribution < -0.4 is 0 Å². The first kappa shape index (κ1) is 13.8. The van der Waals surface area contributed by atoms with E-state index >= 15 is 0 Å². The summed E-state index contributed by atoms with van der Waals surface area (Å²) in [5, 5.41) is 8.90. The zero-order valence-corrected chi connectivity index (χ0v) is 10.8. The highest BCUT2D eigenvalue weighted by Gasteiger charge is 2.29. The first-order valence-corrected chi connectivity index (χ1v) is 6.88. The van der Waals surface area contributed by atoms with Gasteiger partial charge < -0.3 is 9.84 Å². The first-order chi connectivity index (χ1) is 7.69. The highest BCUT2D eigenvalue weighted by molar-refractivity contribution is 7.99. The smallest absolute Gasteiger partial charge is 0.304 e.